The first-order valence-corrected chi connectivity index (χ1v) is 10.0. The quantitative estimate of drug-likeness (QED) is 0.662. The van der Waals surface area contributed by atoms with Crippen molar-refractivity contribution in [3.63, 3.8) is 0 Å². The number of aromatic nitrogens is 2. The normalized spacial score (nSPS) is 17.0. The van der Waals surface area contributed by atoms with Gasteiger partial charge in [0.15, 0.2) is 0 Å². The number of furan rings is 1. The van der Waals surface area contributed by atoms with E-state index < -0.39 is 0 Å². The number of aryl methyl sites for hydroxylation is 2. The number of rotatable bonds is 5. The second-order valence-electron chi connectivity index (χ2n) is 7.42. The standard InChI is InChI=1S/C20H21N3O2S/c1-11-16-12(2)21-18(13-5-6-13)22-19(16)26-17(11)20(24)23(14-7-8-14)10-15-4-3-9-25-15/h3-4,9,13-14H,5-8,10H2,1-2H3. The molecular weight excluding hydrogens is 346 g/mol. The number of amides is 1. The molecule has 0 bridgehead atoms. The van der Waals surface area contributed by atoms with Gasteiger partial charge in [-0.3, -0.25) is 4.79 Å². The summed E-state index contributed by atoms with van der Waals surface area (Å²) in [7, 11) is 0. The number of fused-ring (bicyclic) bond motifs is 1. The molecule has 3 heterocycles. The van der Waals surface area contributed by atoms with E-state index in [0.29, 0.717) is 18.5 Å². The molecule has 0 aliphatic heterocycles. The molecule has 3 aromatic heterocycles. The Morgan fingerprint density at radius 1 is 1.27 bits per heavy atom. The number of carbonyl (C=O) groups is 1. The molecule has 6 heteroatoms. The Bertz CT molecular complexity index is 984. The second-order valence-corrected chi connectivity index (χ2v) is 8.42. The monoisotopic (exact) mass is 367 g/mol. The number of carbonyl (C=O) groups excluding carboxylic acids is 1. The highest BCUT2D eigenvalue weighted by atomic mass is 32.1. The summed E-state index contributed by atoms with van der Waals surface area (Å²) >= 11 is 1.52. The van der Waals surface area contributed by atoms with Crippen LogP contribution in [0.2, 0.25) is 0 Å². The Balaban J connectivity index is 1.53. The van der Waals surface area contributed by atoms with Gasteiger partial charge in [-0.2, -0.15) is 0 Å². The van der Waals surface area contributed by atoms with E-state index in [4.69, 9.17) is 14.4 Å². The molecular formula is C20H21N3O2S. The van der Waals surface area contributed by atoms with Gasteiger partial charge < -0.3 is 9.32 Å². The molecule has 134 valence electrons. The molecule has 0 atom stereocenters. The number of thiophene rings is 1. The molecule has 0 radical (unpaired) electrons. The molecule has 0 spiro atoms. The third-order valence-electron chi connectivity index (χ3n) is 5.28. The first-order chi connectivity index (χ1) is 12.6. The molecule has 0 aromatic carbocycles. The van der Waals surface area contributed by atoms with Gasteiger partial charge in [0, 0.05) is 17.3 Å². The van der Waals surface area contributed by atoms with Gasteiger partial charge in [-0.15, -0.1) is 11.3 Å². The van der Waals surface area contributed by atoms with Gasteiger partial charge in [-0.25, -0.2) is 9.97 Å². The van der Waals surface area contributed by atoms with E-state index in [1.165, 1.54) is 24.2 Å². The summed E-state index contributed by atoms with van der Waals surface area (Å²) in [5.74, 6) is 2.39. The zero-order chi connectivity index (χ0) is 17.8. The number of nitrogens with zero attached hydrogens (tertiary/aromatic N) is 3. The lowest BCUT2D eigenvalue weighted by Crippen LogP contribution is -2.32. The first-order valence-electron chi connectivity index (χ1n) is 9.23. The summed E-state index contributed by atoms with van der Waals surface area (Å²) < 4.78 is 5.47. The maximum absolute atomic E-state index is 13.3. The molecule has 0 saturated heterocycles. The van der Waals surface area contributed by atoms with E-state index in [2.05, 4.69) is 0 Å². The Labute approximate surface area is 156 Å². The molecule has 2 saturated carbocycles. The van der Waals surface area contributed by atoms with Crippen molar-refractivity contribution >= 4 is 27.5 Å². The Morgan fingerprint density at radius 2 is 2.08 bits per heavy atom. The predicted octanol–water partition coefficient (Wildman–Crippen LogP) is 4.58. The average molecular weight is 367 g/mol. The maximum atomic E-state index is 13.3. The van der Waals surface area contributed by atoms with Crippen LogP contribution in [0.25, 0.3) is 10.2 Å². The summed E-state index contributed by atoms with van der Waals surface area (Å²) in [6.45, 7) is 4.59. The first kappa shape index (κ1) is 16.0. The van der Waals surface area contributed by atoms with Crippen molar-refractivity contribution in [2.75, 3.05) is 0 Å². The minimum absolute atomic E-state index is 0.0942. The maximum Gasteiger partial charge on any atom is 0.264 e. The molecule has 5 nitrogen and oxygen atoms in total. The van der Waals surface area contributed by atoms with Crippen molar-refractivity contribution in [2.45, 2.75) is 58.0 Å². The summed E-state index contributed by atoms with van der Waals surface area (Å²) in [5.41, 5.74) is 2.01. The van der Waals surface area contributed by atoms with E-state index in [9.17, 15) is 4.79 Å². The van der Waals surface area contributed by atoms with E-state index >= 15 is 0 Å². The molecule has 0 unspecified atom stereocenters. The van der Waals surface area contributed by atoms with Crippen LogP contribution in [0.3, 0.4) is 0 Å². The van der Waals surface area contributed by atoms with Crippen molar-refractivity contribution in [1.82, 2.24) is 14.9 Å². The highest BCUT2D eigenvalue weighted by Gasteiger charge is 2.35. The molecule has 2 aliphatic rings. The Hall–Kier alpha value is -2.21. The van der Waals surface area contributed by atoms with Crippen LogP contribution in [-0.4, -0.2) is 26.8 Å². The Morgan fingerprint density at radius 3 is 2.73 bits per heavy atom. The van der Waals surface area contributed by atoms with Crippen molar-refractivity contribution in [3.8, 4) is 0 Å². The summed E-state index contributed by atoms with van der Waals surface area (Å²) in [6.07, 6.45) is 6.16. The molecule has 0 N–H and O–H groups in total. The van der Waals surface area contributed by atoms with Gasteiger partial charge in [0.05, 0.1) is 23.4 Å². The van der Waals surface area contributed by atoms with Crippen LogP contribution in [0.5, 0.6) is 0 Å². The van der Waals surface area contributed by atoms with Crippen molar-refractivity contribution in [3.05, 3.63) is 46.1 Å². The lowest BCUT2D eigenvalue weighted by molar-refractivity contribution is 0.0722. The molecule has 2 fully saturated rings. The lowest BCUT2D eigenvalue weighted by Gasteiger charge is -2.21. The van der Waals surface area contributed by atoms with Gasteiger partial charge >= 0.3 is 0 Å². The van der Waals surface area contributed by atoms with Crippen LogP contribution in [0.4, 0.5) is 0 Å². The third-order valence-corrected chi connectivity index (χ3v) is 6.45. The number of hydrogen-bond donors (Lipinski definition) is 0. The van der Waals surface area contributed by atoms with Gasteiger partial charge in [0.2, 0.25) is 0 Å². The SMILES string of the molecule is Cc1nc(C2CC2)nc2sc(C(=O)N(Cc3ccco3)C3CC3)c(C)c12. The van der Waals surface area contributed by atoms with Crippen LogP contribution in [0.1, 0.15) is 64.1 Å². The highest BCUT2D eigenvalue weighted by molar-refractivity contribution is 7.20. The minimum Gasteiger partial charge on any atom is -0.467 e. The second kappa shape index (κ2) is 5.91. The fourth-order valence-electron chi connectivity index (χ4n) is 3.54. The van der Waals surface area contributed by atoms with Gasteiger partial charge in [0.25, 0.3) is 5.91 Å². The third kappa shape index (κ3) is 2.72. The summed E-state index contributed by atoms with van der Waals surface area (Å²) in [5, 5.41) is 1.05. The van der Waals surface area contributed by atoms with Gasteiger partial charge in [-0.1, -0.05) is 0 Å². The molecule has 26 heavy (non-hydrogen) atoms. The minimum atomic E-state index is 0.0942. The van der Waals surface area contributed by atoms with Crippen molar-refractivity contribution in [2.24, 2.45) is 0 Å². The van der Waals surface area contributed by atoms with Gasteiger partial charge in [-0.05, 0) is 57.2 Å². The summed E-state index contributed by atoms with van der Waals surface area (Å²) in [4.78, 5) is 26.5. The van der Waals surface area contributed by atoms with Crippen LogP contribution in [0, 0.1) is 13.8 Å². The zero-order valence-corrected chi connectivity index (χ0v) is 15.8. The smallest absolute Gasteiger partial charge is 0.264 e. The molecule has 1 amide bonds. The lowest BCUT2D eigenvalue weighted by atomic mass is 10.1. The zero-order valence-electron chi connectivity index (χ0n) is 15.0. The van der Waals surface area contributed by atoms with Crippen LogP contribution < -0.4 is 0 Å². The van der Waals surface area contributed by atoms with Crippen LogP contribution in [0.15, 0.2) is 22.8 Å². The fourth-order valence-corrected chi connectivity index (χ4v) is 4.74. The predicted molar refractivity (Wildman–Crippen MR) is 100 cm³/mol. The molecule has 3 aromatic rings. The topological polar surface area (TPSA) is 59.2 Å². The van der Waals surface area contributed by atoms with E-state index in [-0.39, 0.29) is 5.91 Å². The van der Waals surface area contributed by atoms with Crippen molar-refractivity contribution < 1.29 is 9.21 Å². The molecule has 2 aliphatic carbocycles. The fraction of sp³-hybridized carbons (Fsp3) is 0.450. The van der Waals surface area contributed by atoms with E-state index in [1.807, 2.05) is 30.9 Å². The average Bonchev–Trinajstić information content (AvgIpc) is 3.55. The Kier molecular flexibility index (Phi) is 3.64. The van der Waals surface area contributed by atoms with E-state index in [1.54, 1.807) is 6.26 Å². The van der Waals surface area contributed by atoms with Gasteiger partial charge in [0.1, 0.15) is 16.4 Å². The summed E-state index contributed by atoms with van der Waals surface area (Å²) in [6, 6.07) is 4.12. The number of hydrogen-bond acceptors (Lipinski definition) is 5. The van der Waals surface area contributed by atoms with Crippen molar-refractivity contribution in [1.29, 1.82) is 0 Å². The largest absolute Gasteiger partial charge is 0.467 e. The van der Waals surface area contributed by atoms with Crippen LogP contribution in [-0.2, 0) is 6.54 Å². The van der Waals surface area contributed by atoms with Crippen LogP contribution >= 0.6 is 11.3 Å². The molecule has 5 rings (SSSR count). The van der Waals surface area contributed by atoms with E-state index in [0.717, 1.165) is 50.8 Å². The highest BCUT2D eigenvalue weighted by Crippen LogP contribution is 2.41.